The van der Waals surface area contributed by atoms with Crippen molar-refractivity contribution in [3.63, 3.8) is 0 Å². The second kappa shape index (κ2) is 9.39. The van der Waals surface area contributed by atoms with Gasteiger partial charge >= 0.3 is 0 Å². The SMILES string of the molecule is CSc1ccc(C(O)CNC(=O)Cc2ccc(S(=O)(=O)C(C)C)cc2)cc1. The number of sulfone groups is 1. The van der Waals surface area contributed by atoms with E-state index in [9.17, 15) is 18.3 Å². The summed E-state index contributed by atoms with van der Waals surface area (Å²) in [5, 5.41) is 12.4. The predicted molar refractivity (Wildman–Crippen MR) is 109 cm³/mol. The lowest BCUT2D eigenvalue weighted by Crippen LogP contribution is -2.29. The van der Waals surface area contributed by atoms with Crippen LogP contribution in [-0.4, -0.2) is 37.5 Å². The van der Waals surface area contributed by atoms with E-state index in [2.05, 4.69) is 5.32 Å². The third-order valence-electron chi connectivity index (χ3n) is 4.23. The second-order valence-electron chi connectivity index (χ2n) is 6.51. The average Bonchev–Trinajstić information content (AvgIpc) is 2.66. The van der Waals surface area contributed by atoms with E-state index in [0.29, 0.717) is 5.56 Å². The first-order valence-corrected chi connectivity index (χ1v) is 11.4. The lowest BCUT2D eigenvalue weighted by atomic mass is 10.1. The minimum absolute atomic E-state index is 0.122. The number of hydrogen-bond donors (Lipinski definition) is 2. The van der Waals surface area contributed by atoms with E-state index in [0.717, 1.165) is 10.5 Å². The zero-order chi connectivity index (χ0) is 20.0. The van der Waals surface area contributed by atoms with Crippen molar-refractivity contribution in [3.8, 4) is 0 Å². The molecule has 0 saturated heterocycles. The zero-order valence-electron chi connectivity index (χ0n) is 15.7. The van der Waals surface area contributed by atoms with Crippen molar-refractivity contribution >= 4 is 27.5 Å². The molecule has 0 fully saturated rings. The number of carbonyl (C=O) groups is 1. The lowest BCUT2D eigenvalue weighted by molar-refractivity contribution is -0.120. The molecule has 2 N–H and O–H groups in total. The average molecular weight is 408 g/mol. The number of benzene rings is 2. The molecule has 0 radical (unpaired) electrons. The molecule has 0 aromatic heterocycles. The molecule has 0 saturated carbocycles. The first kappa shape index (κ1) is 21.5. The Labute approximate surface area is 165 Å². The second-order valence-corrected chi connectivity index (χ2v) is 9.89. The summed E-state index contributed by atoms with van der Waals surface area (Å²) in [7, 11) is -3.31. The van der Waals surface area contributed by atoms with Gasteiger partial charge in [0.25, 0.3) is 0 Å². The summed E-state index contributed by atoms with van der Waals surface area (Å²) in [6, 6.07) is 13.9. The smallest absolute Gasteiger partial charge is 0.224 e. The molecule has 1 amide bonds. The molecule has 7 heteroatoms. The molecule has 27 heavy (non-hydrogen) atoms. The molecule has 2 rings (SSSR count). The number of rotatable bonds is 8. The van der Waals surface area contributed by atoms with Crippen LogP contribution in [0.5, 0.6) is 0 Å². The van der Waals surface area contributed by atoms with Crippen molar-refractivity contribution in [2.45, 2.75) is 41.4 Å². The monoisotopic (exact) mass is 407 g/mol. The maximum atomic E-state index is 12.1. The molecule has 0 bridgehead atoms. The predicted octanol–water partition coefficient (Wildman–Crippen LogP) is 2.98. The van der Waals surface area contributed by atoms with Gasteiger partial charge in [0.2, 0.25) is 5.91 Å². The molecule has 1 atom stereocenters. The Kier molecular flexibility index (Phi) is 7.47. The number of thioether (sulfide) groups is 1. The van der Waals surface area contributed by atoms with Crippen LogP contribution in [0.15, 0.2) is 58.3 Å². The van der Waals surface area contributed by atoms with Crippen molar-refractivity contribution in [1.82, 2.24) is 5.32 Å². The molecule has 1 unspecified atom stereocenters. The maximum absolute atomic E-state index is 12.1. The van der Waals surface area contributed by atoms with Gasteiger partial charge in [0.15, 0.2) is 9.84 Å². The van der Waals surface area contributed by atoms with Crippen LogP contribution in [0.2, 0.25) is 0 Å². The fourth-order valence-electron chi connectivity index (χ4n) is 2.47. The Balaban J connectivity index is 1.89. The lowest BCUT2D eigenvalue weighted by Gasteiger charge is -2.13. The molecule has 146 valence electrons. The van der Waals surface area contributed by atoms with E-state index >= 15 is 0 Å². The Bertz CT molecular complexity index is 860. The van der Waals surface area contributed by atoms with Crippen LogP contribution >= 0.6 is 11.8 Å². The van der Waals surface area contributed by atoms with E-state index in [1.54, 1.807) is 37.7 Å². The van der Waals surface area contributed by atoms with Gasteiger partial charge in [-0.05, 0) is 55.5 Å². The molecular formula is C20H25NO4S2. The van der Waals surface area contributed by atoms with Gasteiger partial charge in [0, 0.05) is 11.4 Å². The Hall–Kier alpha value is -1.83. The quantitative estimate of drug-likeness (QED) is 0.657. The van der Waals surface area contributed by atoms with Gasteiger partial charge in [-0.15, -0.1) is 11.8 Å². The summed E-state index contributed by atoms with van der Waals surface area (Å²) >= 11 is 1.62. The largest absolute Gasteiger partial charge is 0.387 e. The third-order valence-corrected chi connectivity index (χ3v) is 7.14. The zero-order valence-corrected chi connectivity index (χ0v) is 17.3. The van der Waals surface area contributed by atoms with Crippen LogP contribution in [0.4, 0.5) is 0 Å². The number of nitrogens with one attached hydrogen (secondary N) is 1. The van der Waals surface area contributed by atoms with E-state index in [1.165, 1.54) is 12.1 Å². The van der Waals surface area contributed by atoms with Gasteiger partial charge in [-0.2, -0.15) is 0 Å². The minimum Gasteiger partial charge on any atom is -0.387 e. The summed E-state index contributed by atoms with van der Waals surface area (Å²) in [5.74, 6) is -0.228. The summed E-state index contributed by atoms with van der Waals surface area (Å²) in [4.78, 5) is 13.5. The Morgan fingerprint density at radius 2 is 1.67 bits per heavy atom. The molecular weight excluding hydrogens is 382 g/mol. The van der Waals surface area contributed by atoms with Crippen LogP contribution in [0.25, 0.3) is 0 Å². The fraction of sp³-hybridized carbons (Fsp3) is 0.350. The molecule has 0 aliphatic heterocycles. The highest BCUT2D eigenvalue weighted by molar-refractivity contribution is 7.98. The van der Waals surface area contributed by atoms with Crippen LogP contribution < -0.4 is 5.32 Å². The van der Waals surface area contributed by atoms with E-state index < -0.39 is 21.2 Å². The first-order chi connectivity index (χ1) is 12.7. The van der Waals surface area contributed by atoms with Crippen LogP contribution in [0.3, 0.4) is 0 Å². The highest BCUT2D eigenvalue weighted by Gasteiger charge is 2.19. The van der Waals surface area contributed by atoms with E-state index in [1.807, 2.05) is 30.5 Å². The van der Waals surface area contributed by atoms with Crippen LogP contribution in [0.1, 0.15) is 31.1 Å². The fourth-order valence-corrected chi connectivity index (χ4v) is 3.94. The van der Waals surface area contributed by atoms with E-state index in [-0.39, 0.29) is 23.8 Å². The topological polar surface area (TPSA) is 83.5 Å². The maximum Gasteiger partial charge on any atom is 0.224 e. The molecule has 0 spiro atoms. The number of amides is 1. The summed E-state index contributed by atoms with van der Waals surface area (Å²) < 4.78 is 24.2. The normalized spacial score (nSPS) is 12.8. The van der Waals surface area contributed by atoms with Crippen molar-refractivity contribution < 1.29 is 18.3 Å². The van der Waals surface area contributed by atoms with E-state index in [4.69, 9.17) is 0 Å². The van der Waals surface area contributed by atoms with Crippen molar-refractivity contribution in [3.05, 3.63) is 59.7 Å². The first-order valence-electron chi connectivity index (χ1n) is 8.65. The Morgan fingerprint density at radius 3 is 2.19 bits per heavy atom. The number of carbonyl (C=O) groups excluding carboxylic acids is 1. The number of aliphatic hydroxyl groups is 1. The van der Waals surface area contributed by atoms with Gasteiger partial charge in [0.1, 0.15) is 0 Å². The highest BCUT2D eigenvalue weighted by atomic mass is 32.2. The third kappa shape index (κ3) is 5.82. The number of hydrogen-bond acceptors (Lipinski definition) is 5. The van der Waals surface area contributed by atoms with Gasteiger partial charge in [-0.3, -0.25) is 4.79 Å². The van der Waals surface area contributed by atoms with Gasteiger partial charge in [0.05, 0.1) is 22.7 Å². The minimum atomic E-state index is -3.31. The van der Waals surface area contributed by atoms with Crippen molar-refractivity contribution in [2.75, 3.05) is 12.8 Å². The highest BCUT2D eigenvalue weighted by Crippen LogP contribution is 2.19. The number of aliphatic hydroxyl groups excluding tert-OH is 1. The molecule has 0 aliphatic carbocycles. The van der Waals surface area contributed by atoms with Gasteiger partial charge in [-0.25, -0.2) is 8.42 Å². The molecule has 2 aromatic carbocycles. The molecule has 5 nitrogen and oxygen atoms in total. The Morgan fingerprint density at radius 1 is 1.07 bits per heavy atom. The summed E-state index contributed by atoms with van der Waals surface area (Å²) in [5.41, 5.74) is 1.46. The van der Waals surface area contributed by atoms with Crippen molar-refractivity contribution in [1.29, 1.82) is 0 Å². The van der Waals surface area contributed by atoms with Gasteiger partial charge < -0.3 is 10.4 Å². The molecule has 0 heterocycles. The van der Waals surface area contributed by atoms with Crippen LogP contribution in [0, 0.1) is 0 Å². The van der Waals surface area contributed by atoms with Crippen LogP contribution in [-0.2, 0) is 21.1 Å². The summed E-state index contributed by atoms with van der Waals surface area (Å²) in [6.07, 6.45) is 1.33. The summed E-state index contributed by atoms with van der Waals surface area (Å²) in [6.45, 7) is 3.39. The van der Waals surface area contributed by atoms with Crippen molar-refractivity contribution in [2.24, 2.45) is 0 Å². The van der Waals surface area contributed by atoms with Gasteiger partial charge in [-0.1, -0.05) is 24.3 Å². The molecule has 2 aromatic rings. The molecule has 0 aliphatic rings. The standard InChI is InChI=1S/C20H25NO4S2/c1-14(2)27(24,25)18-10-4-15(5-11-18)12-20(23)21-13-19(22)16-6-8-17(26-3)9-7-16/h4-11,14,19,22H,12-13H2,1-3H3,(H,21,23).